The molecule has 3 aromatic rings. The zero-order valence-electron chi connectivity index (χ0n) is 15.4. The van der Waals surface area contributed by atoms with Crippen LogP contribution in [0.3, 0.4) is 0 Å². The second kappa shape index (κ2) is 9.50. The third-order valence-corrected chi connectivity index (χ3v) is 4.23. The second-order valence-electron chi connectivity index (χ2n) is 6.52. The summed E-state index contributed by atoms with van der Waals surface area (Å²) in [5.74, 6) is -0.967. The Bertz CT molecular complexity index is 923. The highest BCUT2D eigenvalue weighted by Gasteiger charge is 2.09. The smallest absolute Gasteiger partial charge is 0.358 e. The molecule has 8 nitrogen and oxygen atoms in total. The van der Waals surface area contributed by atoms with Crippen LogP contribution < -0.4 is 0 Å². The van der Waals surface area contributed by atoms with Crippen molar-refractivity contribution in [3.63, 3.8) is 0 Å². The summed E-state index contributed by atoms with van der Waals surface area (Å²) in [7, 11) is 0. The van der Waals surface area contributed by atoms with Crippen LogP contribution in [0.5, 0.6) is 0 Å². The maximum absolute atomic E-state index is 12.1. The molecule has 0 aliphatic rings. The molecule has 3 rings (SSSR count). The van der Waals surface area contributed by atoms with Crippen molar-refractivity contribution in [2.45, 2.75) is 38.6 Å². The number of rotatable bonds is 10. The van der Waals surface area contributed by atoms with E-state index in [1.165, 1.54) is 10.9 Å². The quantitative estimate of drug-likeness (QED) is 0.537. The van der Waals surface area contributed by atoms with Crippen LogP contribution in [-0.4, -0.2) is 42.1 Å². The van der Waals surface area contributed by atoms with Gasteiger partial charge >= 0.3 is 5.97 Å². The normalized spacial score (nSPS) is 10.7. The molecule has 0 saturated heterocycles. The van der Waals surface area contributed by atoms with Gasteiger partial charge in [0.15, 0.2) is 5.69 Å². The first-order valence-corrected chi connectivity index (χ1v) is 9.10. The molecule has 144 valence electrons. The van der Waals surface area contributed by atoms with Gasteiger partial charge in [0.25, 0.3) is 0 Å². The molecule has 1 aromatic carbocycles. The summed E-state index contributed by atoms with van der Waals surface area (Å²) in [6, 6.07) is 13.4. The second-order valence-corrected chi connectivity index (χ2v) is 6.52. The fourth-order valence-corrected chi connectivity index (χ4v) is 2.79. The van der Waals surface area contributed by atoms with E-state index in [0.29, 0.717) is 18.7 Å². The lowest BCUT2D eigenvalue weighted by Crippen LogP contribution is -2.09. The monoisotopic (exact) mass is 379 g/mol. The van der Waals surface area contributed by atoms with Crippen LogP contribution in [0, 0.1) is 0 Å². The maximum Gasteiger partial charge on any atom is 0.358 e. The molecule has 8 heteroatoms. The minimum atomic E-state index is -1.08. The van der Waals surface area contributed by atoms with Gasteiger partial charge in [-0.25, -0.2) is 4.79 Å². The molecule has 0 aliphatic carbocycles. The van der Waals surface area contributed by atoms with Crippen molar-refractivity contribution < 1.29 is 14.7 Å². The van der Waals surface area contributed by atoms with Crippen LogP contribution >= 0.6 is 0 Å². The third kappa shape index (κ3) is 5.80. The van der Waals surface area contributed by atoms with E-state index in [2.05, 4.69) is 20.5 Å². The van der Waals surface area contributed by atoms with E-state index in [-0.39, 0.29) is 17.9 Å². The fourth-order valence-electron chi connectivity index (χ4n) is 2.79. The number of hydrogen-bond acceptors (Lipinski definition) is 6. The molecule has 0 saturated carbocycles. The molecule has 0 radical (unpaired) electrons. The van der Waals surface area contributed by atoms with Gasteiger partial charge in [0, 0.05) is 13.0 Å². The van der Waals surface area contributed by atoms with E-state index in [9.17, 15) is 9.59 Å². The Morgan fingerprint density at radius 2 is 1.64 bits per heavy atom. The average Bonchev–Trinajstić information content (AvgIpc) is 3.16. The molecule has 28 heavy (non-hydrogen) atoms. The Morgan fingerprint density at radius 3 is 2.32 bits per heavy atom. The molecule has 2 aromatic heterocycles. The zero-order valence-corrected chi connectivity index (χ0v) is 15.4. The first kappa shape index (κ1) is 19.3. The number of nitrogens with zero attached hydrogens (tertiary/aromatic N) is 5. The van der Waals surface area contributed by atoms with E-state index >= 15 is 0 Å². The largest absolute Gasteiger partial charge is 0.476 e. The topological polar surface area (TPSA) is 111 Å². The number of hydrogen-bond donors (Lipinski definition) is 1. The Morgan fingerprint density at radius 1 is 0.893 bits per heavy atom. The predicted molar refractivity (Wildman–Crippen MR) is 101 cm³/mol. The Kier molecular flexibility index (Phi) is 6.56. The fraction of sp³-hybridized carbons (Fsp3) is 0.300. The highest BCUT2D eigenvalue weighted by molar-refractivity contribution is 5.84. The number of benzene rings is 1. The van der Waals surface area contributed by atoms with Crippen molar-refractivity contribution >= 4 is 11.8 Å². The van der Waals surface area contributed by atoms with Gasteiger partial charge in [-0.15, -0.1) is 5.10 Å². The summed E-state index contributed by atoms with van der Waals surface area (Å²) in [5.41, 5.74) is 2.49. The van der Waals surface area contributed by atoms with Crippen molar-refractivity contribution in [1.29, 1.82) is 0 Å². The first-order valence-electron chi connectivity index (χ1n) is 9.10. The van der Waals surface area contributed by atoms with Gasteiger partial charge in [-0.05, 0) is 37.0 Å². The number of carboxylic acid groups (broad SMARTS) is 1. The third-order valence-electron chi connectivity index (χ3n) is 4.23. The molecule has 0 amide bonds. The number of carboxylic acids is 1. The van der Waals surface area contributed by atoms with Gasteiger partial charge in [-0.1, -0.05) is 35.5 Å². The summed E-state index contributed by atoms with van der Waals surface area (Å²) in [5, 5.41) is 24.5. The van der Waals surface area contributed by atoms with Crippen LogP contribution in [0.15, 0.2) is 48.7 Å². The summed E-state index contributed by atoms with van der Waals surface area (Å²) < 4.78 is 1.52. The summed E-state index contributed by atoms with van der Waals surface area (Å²) in [4.78, 5) is 22.9. The van der Waals surface area contributed by atoms with Crippen LogP contribution in [0.1, 0.15) is 40.3 Å². The number of ketones is 1. The van der Waals surface area contributed by atoms with E-state index in [1.54, 1.807) is 0 Å². The standard InChI is InChI=1S/C20H21N5O3/c26-18(12-15-6-2-1-3-7-15)13-17-10-9-16(21-22-17)8-4-5-11-25-14-19(20(27)28)23-24-25/h1-3,6-7,9-10,14H,4-5,8,11-13H2,(H,27,28). The van der Waals surface area contributed by atoms with Crippen molar-refractivity contribution in [3.05, 3.63) is 71.3 Å². The maximum atomic E-state index is 12.1. The van der Waals surface area contributed by atoms with E-state index < -0.39 is 5.97 Å². The van der Waals surface area contributed by atoms with Gasteiger partial charge in [-0.2, -0.15) is 10.2 Å². The SMILES string of the molecule is O=C(Cc1ccccc1)Cc1ccc(CCCCn2cc(C(=O)O)nn2)nn1. The molecule has 2 heterocycles. The number of Topliss-reactive ketones (excluding diaryl/α,β-unsaturated/α-hetero) is 1. The van der Waals surface area contributed by atoms with Crippen LogP contribution in [0.25, 0.3) is 0 Å². The number of carbonyl (C=O) groups is 2. The van der Waals surface area contributed by atoms with Crippen molar-refractivity contribution in [1.82, 2.24) is 25.2 Å². The highest BCUT2D eigenvalue weighted by atomic mass is 16.4. The van der Waals surface area contributed by atoms with Crippen molar-refractivity contribution in [2.24, 2.45) is 0 Å². The Hall–Kier alpha value is -3.42. The lowest BCUT2D eigenvalue weighted by molar-refractivity contribution is -0.117. The molecular formula is C20H21N5O3. The van der Waals surface area contributed by atoms with Gasteiger partial charge in [0.1, 0.15) is 5.78 Å². The van der Waals surface area contributed by atoms with Crippen LogP contribution in [-0.2, 0) is 30.6 Å². The van der Waals surface area contributed by atoms with E-state index in [4.69, 9.17) is 5.11 Å². The van der Waals surface area contributed by atoms with Crippen molar-refractivity contribution in [2.75, 3.05) is 0 Å². The van der Waals surface area contributed by atoms with E-state index in [1.807, 2.05) is 42.5 Å². The average molecular weight is 379 g/mol. The molecule has 0 bridgehead atoms. The van der Waals surface area contributed by atoms with Gasteiger partial charge < -0.3 is 5.11 Å². The molecular weight excluding hydrogens is 358 g/mol. The number of aryl methyl sites for hydroxylation is 2. The lowest BCUT2D eigenvalue weighted by atomic mass is 10.1. The predicted octanol–water partition coefficient (Wildman–Crippen LogP) is 2.14. The molecule has 1 N–H and O–H groups in total. The van der Waals surface area contributed by atoms with E-state index in [0.717, 1.165) is 30.5 Å². The number of unbranched alkanes of at least 4 members (excludes halogenated alkanes) is 1. The molecule has 0 aliphatic heterocycles. The minimum absolute atomic E-state index is 0.0525. The molecule has 0 unspecified atom stereocenters. The summed E-state index contributed by atoms with van der Waals surface area (Å²) >= 11 is 0. The van der Waals surface area contributed by atoms with Gasteiger partial charge in [0.2, 0.25) is 0 Å². The molecule has 0 fully saturated rings. The number of aromatic carboxylic acids is 1. The van der Waals surface area contributed by atoms with Crippen molar-refractivity contribution in [3.8, 4) is 0 Å². The van der Waals surface area contributed by atoms with Crippen LogP contribution in [0.2, 0.25) is 0 Å². The van der Waals surface area contributed by atoms with Gasteiger partial charge in [0.05, 0.1) is 24.0 Å². The molecule has 0 atom stereocenters. The van der Waals surface area contributed by atoms with Gasteiger partial charge in [-0.3, -0.25) is 9.48 Å². The number of aromatic nitrogens is 5. The Labute approximate surface area is 162 Å². The van der Waals surface area contributed by atoms with Crippen LogP contribution in [0.4, 0.5) is 0 Å². The highest BCUT2D eigenvalue weighted by Crippen LogP contribution is 2.07. The minimum Gasteiger partial charge on any atom is -0.476 e. The summed E-state index contributed by atoms with van der Waals surface area (Å²) in [6.07, 6.45) is 4.54. The Balaban J connectivity index is 1.40. The first-order chi connectivity index (χ1) is 13.6. The zero-order chi connectivity index (χ0) is 19.8. The molecule has 0 spiro atoms. The lowest BCUT2D eigenvalue weighted by Gasteiger charge is -2.03. The summed E-state index contributed by atoms with van der Waals surface area (Å²) in [6.45, 7) is 0.597. The number of carbonyl (C=O) groups excluding carboxylic acids is 1.